The van der Waals surface area contributed by atoms with Crippen molar-refractivity contribution in [2.24, 2.45) is 16.7 Å². The van der Waals surface area contributed by atoms with Crippen LogP contribution in [-0.2, 0) is 4.79 Å². The second kappa shape index (κ2) is 5.91. The third kappa shape index (κ3) is 3.26. The second-order valence-corrected chi connectivity index (χ2v) is 7.86. The molecule has 0 radical (unpaired) electrons. The van der Waals surface area contributed by atoms with Gasteiger partial charge in [0.05, 0.1) is 0 Å². The minimum absolute atomic E-state index is 0.168. The van der Waals surface area contributed by atoms with E-state index >= 15 is 0 Å². The highest BCUT2D eigenvalue weighted by molar-refractivity contribution is 5.81. The highest BCUT2D eigenvalue weighted by atomic mass is 16.4. The van der Waals surface area contributed by atoms with E-state index in [-0.39, 0.29) is 5.41 Å². The zero-order valence-electron chi connectivity index (χ0n) is 14.4. The van der Waals surface area contributed by atoms with Crippen LogP contribution in [0.4, 0.5) is 0 Å². The summed E-state index contributed by atoms with van der Waals surface area (Å²) in [6, 6.07) is 0. The Morgan fingerprint density at radius 2 is 2.00 bits per heavy atom. The fourth-order valence-corrected chi connectivity index (χ4v) is 3.93. The molecule has 2 nitrogen and oxygen atoms in total. The van der Waals surface area contributed by atoms with E-state index in [0.29, 0.717) is 11.3 Å². The van der Waals surface area contributed by atoms with E-state index in [2.05, 4.69) is 39.8 Å². The number of carboxylic acids is 1. The largest absolute Gasteiger partial charge is 0.478 e. The molecule has 2 aliphatic carbocycles. The van der Waals surface area contributed by atoms with Crippen LogP contribution in [0.1, 0.15) is 53.9 Å². The third-order valence-electron chi connectivity index (χ3n) is 5.36. The fourth-order valence-electron chi connectivity index (χ4n) is 3.93. The number of fused-ring (bicyclic) bond motifs is 1. The minimum atomic E-state index is -0.897. The monoisotopic (exact) mass is 300 g/mol. The normalized spacial score (nSPS) is 28.8. The van der Waals surface area contributed by atoms with Crippen molar-refractivity contribution in [3.63, 3.8) is 0 Å². The maximum atomic E-state index is 10.6. The average molecular weight is 300 g/mol. The van der Waals surface area contributed by atoms with E-state index in [1.807, 2.05) is 19.1 Å². The maximum Gasteiger partial charge on any atom is 0.328 e. The molecule has 120 valence electrons. The lowest BCUT2D eigenvalue weighted by Gasteiger charge is -2.41. The van der Waals surface area contributed by atoms with Gasteiger partial charge in [0, 0.05) is 6.08 Å². The molecule has 1 saturated carbocycles. The summed E-state index contributed by atoms with van der Waals surface area (Å²) in [6.07, 6.45) is 13.5. The van der Waals surface area contributed by atoms with Crippen LogP contribution in [0, 0.1) is 16.7 Å². The summed E-state index contributed by atoms with van der Waals surface area (Å²) in [5, 5.41) is 8.74. The van der Waals surface area contributed by atoms with E-state index in [1.54, 1.807) is 5.57 Å². The molecule has 0 saturated heterocycles. The summed E-state index contributed by atoms with van der Waals surface area (Å²) >= 11 is 0. The summed E-state index contributed by atoms with van der Waals surface area (Å²) < 4.78 is 0. The smallest absolute Gasteiger partial charge is 0.328 e. The molecular formula is C20H28O2. The number of hydrogen-bond donors (Lipinski definition) is 1. The molecule has 0 spiro atoms. The molecule has 22 heavy (non-hydrogen) atoms. The van der Waals surface area contributed by atoms with Crippen molar-refractivity contribution in [3.8, 4) is 0 Å². The Morgan fingerprint density at radius 1 is 1.32 bits per heavy atom. The van der Waals surface area contributed by atoms with E-state index in [0.717, 1.165) is 5.57 Å². The molecule has 2 heteroatoms. The molecule has 0 amide bonds. The minimum Gasteiger partial charge on any atom is -0.478 e. The average Bonchev–Trinajstić information content (AvgIpc) is 2.62. The molecular weight excluding hydrogens is 272 g/mol. The second-order valence-electron chi connectivity index (χ2n) is 7.86. The van der Waals surface area contributed by atoms with Gasteiger partial charge in [-0.1, -0.05) is 64.0 Å². The molecule has 0 aromatic heterocycles. The summed E-state index contributed by atoms with van der Waals surface area (Å²) in [6.45, 7) is 11.2. The van der Waals surface area contributed by atoms with Gasteiger partial charge in [-0.25, -0.2) is 4.79 Å². The van der Waals surface area contributed by atoms with Gasteiger partial charge in [-0.15, -0.1) is 0 Å². The number of hydrogen-bond acceptors (Lipinski definition) is 1. The summed E-state index contributed by atoms with van der Waals surface area (Å²) in [5.41, 5.74) is 4.19. The van der Waals surface area contributed by atoms with E-state index in [9.17, 15) is 4.79 Å². The Balaban J connectivity index is 2.27. The van der Waals surface area contributed by atoms with Crippen molar-refractivity contribution in [3.05, 3.63) is 47.1 Å². The lowest BCUT2D eigenvalue weighted by molar-refractivity contribution is -0.131. The Labute approximate surface area is 134 Å². The fraction of sp³-hybridized carbons (Fsp3) is 0.550. The topological polar surface area (TPSA) is 37.3 Å². The molecule has 1 fully saturated rings. The number of aliphatic carboxylic acids is 1. The van der Waals surface area contributed by atoms with Crippen LogP contribution in [0.15, 0.2) is 47.1 Å². The van der Waals surface area contributed by atoms with Gasteiger partial charge < -0.3 is 5.11 Å². The van der Waals surface area contributed by atoms with Gasteiger partial charge in [0.25, 0.3) is 0 Å². The van der Waals surface area contributed by atoms with Crippen LogP contribution in [0.25, 0.3) is 0 Å². The lowest BCUT2D eigenvalue weighted by atomic mass is 9.63. The van der Waals surface area contributed by atoms with E-state index < -0.39 is 5.97 Å². The van der Waals surface area contributed by atoms with Crippen LogP contribution >= 0.6 is 0 Å². The van der Waals surface area contributed by atoms with Gasteiger partial charge in [0.1, 0.15) is 0 Å². The van der Waals surface area contributed by atoms with Crippen LogP contribution in [0.3, 0.4) is 0 Å². The van der Waals surface area contributed by atoms with Crippen LogP contribution in [0.2, 0.25) is 0 Å². The summed E-state index contributed by atoms with van der Waals surface area (Å²) in [7, 11) is 0. The van der Waals surface area contributed by atoms with Crippen molar-refractivity contribution in [1.29, 1.82) is 0 Å². The molecule has 0 bridgehead atoms. The van der Waals surface area contributed by atoms with Crippen molar-refractivity contribution in [2.45, 2.75) is 53.9 Å². The van der Waals surface area contributed by atoms with Crippen molar-refractivity contribution in [2.75, 3.05) is 0 Å². The predicted molar refractivity (Wildman–Crippen MR) is 91.6 cm³/mol. The Bertz CT molecular complexity index is 583. The third-order valence-corrected chi connectivity index (χ3v) is 5.36. The Hall–Kier alpha value is -1.57. The molecule has 1 unspecified atom stereocenters. The highest BCUT2D eigenvalue weighted by Gasteiger charge is 2.46. The molecule has 1 N–H and O–H groups in total. The quantitative estimate of drug-likeness (QED) is 0.568. The molecule has 0 heterocycles. The number of allylic oxidation sites excluding steroid dienone is 7. The zero-order chi connectivity index (χ0) is 16.5. The van der Waals surface area contributed by atoms with Gasteiger partial charge in [-0.2, -0.15) is 0 Å². The lowest BCUT2D eigenvalue weighted by Crippen LogP contribution is -2.31. The van der Waals surface area contributed by atoms with Gasteiger partial charge >= 0.3 is 5.97 Å². The molecule has 0 aliphatic heterocycles. The molecule has 1 atom stereocenters. The van der Waals surface area contributed by atoms with Gasteiger partial charge in [-0.05, 0) is 47.7 Å². The zero-order valence-corrected chi connectivity index (χ0v) is 14.4. The highest BCUT2D eigenvalue weighted by Crippen LogP contribution is 2.57. The first-order chi connectivity index (χ1) is 10.1. The van der Waals surface area contributed by atoms with E-state index in [1.165, 1.54) is 30.9 Å². The summed E-state index contributed by atoms with van der Waals surface area (Å²) in [5.74, 6) is -0.252. The Morgan fingerprint density at radius 3 is 2.59 bits per heavy atom. The SMILES string of the molecule is CC(/C=C/C=C1C=C2C(CCCC2(C)C)C1(C)C)=C\C(=O)O. The standard InChI is InChI=1S/C20H28O2/c1-14(12-18(21)22)8-6-9-15-13-17-16(20(15,4)5)10-7-11-19(17,2)3/h6,8-9,12-13,16H,7,10-11H2,1-5H3,(H,21,22)/b8-6+,14-12+,15-9?. The van der Waals surface area contributed by atoms with Crippen molar-refractivity contribution in [1.82, 2.24) is 0 Å². The van der Waals surface area contributed by atoms with Crippen LogP contribution in [-0.4, -0.2) is 11.1 Å². The molecule has 0 aromatic rings. The van der Waals surface area contributed by atoms with Crippen LogP contribution in [0.5, 0.6) is 0 Å². The van der Waals surface area contributed by atoms with Crippen LogP contribution < -0.4 is 0 Å². The first kappa shape index (κ1) is 16.8. The number of carboxylic acid groups (broad SMARTS) is 1. The van der Waals surface area contributed by atoms with Crippen molar-refractivity contribution < 1.29 is 9.90 Å². The van der Waals surface area contributed by atoms with Gasteiger partial charge in [0.15, 0.2) is 0 Å². The van der Waals surface area contributed by atoms with E-state index in [4.69, 9.17) is 5.11 Å². The first-order valence-electron chi connectivity index (χ1n) is 8.17. The number of carbonyl (C=O) groups is 1. The molecule has 0 aromatic carbocycles. The predicted octanol–water partition coefficient (Wildman–Crippen LogP) is 5.29. The molecule has 2 aliphatic rings. The first-order valence-corrected chi connectivity index (χ1v) is 8.17. The maximum absolute atomic E-state index is 10.6. The summed E-state index contributed by atoms with van der Waals surface area (Å²) in [4.78, 5) is 10.6. The molecule has 2 rings (SSSR count). The number of rotatable bonds is 3. The van der Waals surface area contributed by atoms with Crippen molar-refractivity contribution >= 4 is 5.97 Å². The van der Waals surface area contributed by atoms with Gasteiger partial charge in [-0.3, -0.25) is 0 Å². The Kier molecular flexibility index (Phi) is 4.51. The van der Waals surface area contributed by atoms with Gasteiger partial charge in [0.2, 0.25) is 0 Å².